The zero-order valence-corrected chi connectivity index (χ0v) is 26.7. The van der Waals surface area contributed by atoms with Gasteiger partial charge < -0.3 is 25.2 Å². The molecule has 1 aliphatic heterocycles. The molecule has 4 N–H and O–H groups in total. The Morgan fingerprint density at radius 1 is 1.02 bits per heavy atom. The number of anilines is 2. The minimum absolute atomic E-state index is 0.0676. The van der Waals surface area contributed by atoms with Crippen molar-refractivity contribution in [1.82, 2.24) is 10.3 Å². The van der Waals surface area contributed by atoms with E-state index in [4.69, 9.17) is 16.3 Å². The van der Waals surface area contributed by atoms with E-state index in [9.17, 15) is 33.0 Å². The molecule has 1 aliphatic rings. The average Bonchev–Trinajstić information content (AvgIpc) is 3.01. The van der Waals surface area contributed by atoms with Crippen molar-refractivity contribution in [3.05, 3.63) is 93.5 Å². The highest BCUT2D eigenvalue weighted by atomic mass is 35.5. The molecular formula is C33H37ClF3N5O5. The third-order valence-corrected chi connectivity index (χ3v) is 7.52. The van der Waals surface area contributed by atoms with Gasteiger partial charge in [0.15, 0.2) is 0 Å². The number of hydrazone groups is 1. The molecular weight excluding hydrogens is 639 g/mol. The molecule has 3 aromatic rings. The Kier molecular flexibility index (Phi) is 12.4. The maximum Gasteiger partial charge on any atom is 0.417 e. The van der Waals surface area contributed by atoms with Crippen molar-refractivity contribution in [3.63, 3.8) is 0 Å². The monoisotopic (exact) mass is 675 g/mol. The lowest BCUT2D eigenvalue weighted by Gasteiger charge is -2.29. The van der Waals surface area contributed by atoms with Gasteiger partial charge in [0.2, 0.25) is 0 Å². The molecule has 4 rings (SSSR count). The highest BCUT2D eigenvalue weighted by Gasteiger charge is 2.33. The van der Waals surface area contributed by atoms with Crippen LogP contribution >= 0.6 is 11.6 Å². The predicted octanol–water partition coefficient (Wildman–Crippen LogP) is 4.78. The molecule has 2 atom stereocenters. The van der Waals surface area contributed by atoms with E-state index in [1.54, 1.807) is 50.2 Å². The van der Waals surface area contributed by atoms with Crippen LogP contribution in [0.25, 0.3) is 0 Å². The first-order chi connectivity index (χ1) is 22.3. The number of benzene rings is 3. The summed E-state index contributed by atoms with van der Waals surface area (Å²) in [5.74, 6) is -1.18. The Bertz CT molecular complexity index is 1570. The normalized spacial score (nSPS) is 15.1. The molecule has 0 aromatic heterocycles. The quantitative estimate of drug-likeness (QED) is 0.161. The number of ether oxygens (including phenoxy) is 1. The molecule has 1 fully saturated rings. The largest absolute Gasteiger partial charge is 0.417 e. The van der Waals surface area contributed by atoms with Crippen LogP contribution in [-0.4, -0.2) is 84.7 Å². The third kappa shape index (κ3) is 10.5. The number of hydrogen-bond acceptors (Lipinski definition) is 8. The zero-order chi connectivity index (χ0) is 34.1. The number of aliphatic hydroxyl groups excluding tert-OH is 2. The first-order valence-electron chi connectivity index (χ1n) is 15.0. The standard InChI is InChI=1S/C33H37ClF3N5O5/c1-21(43)18-41(19-22(2)44)20-24-4-3-5-25(14-24)31(45)39-30-9-7-26(42-10-12-47-13-11-42)16-27(30)32(46)40-38-17-23-6-8-29(34)28(15-23)33(35,36)37/h3-9,14-17,21-22,43-44H,10-13,18-20H2,1-2H3,(H,39,45)(H,40,46)/t21-,22+. The van der Waals surface area contributed by atoms with Gasteiger partial charge >= 0.3 is 6.18 Å². The van der Waals surface area contributed by atoms with Crippen LogP contribution < -0.4 is 15.6 Å². The van der Waals surface area contributed by atoms with Crippen LogP contribution in [0.3, 0.4) is 0 Å². The van der Waals surface area contributed by atoms with Crippen LogP contribution in [-0.2, 0) is 17.5 Å². The molecule has 0 bridgehead atoms. The van der Waals surface area contributed by atoms with Crippen molar-refractivity contribution in [2.45, 2.75) is 38.8 Å². The number of carbonyl (C=O) groups is 2. The van der Waals surface area contributed by atoms with Crippen molar-refractivity contribution >= 4 is 41.0 Å². The fourth-order valence-electron chi connectivity index (χ4n) is 5.13. The maximum atomic E-state index is 13.4. The Morgan fingerprint density at radius 2 is 1.72 bits per heavy atom. The lowest BCUT2D eigenvalue weighted by Crippen LogP contribution is -2.36. The van der Waals surface area contributed by atoms with Crippen LogP contribution in [0, 0.1) is 0 Å². The van der Waals surface area contributed by atoms with Gasteiger partial charge in [0.05, 0.1) is 53.5 Å². The van der Waals surface area contributed by atoms with Crippen molar-refractivity contribution in [3.8, 4) is 0 Å². The van der Waals surface area contributed by atoms with E-state index >= 15 is 0 Å². The second-order valence-electron chi connectivity index (χ2n) is 11.3. The van der Waals surface area contributed by atoms with Gasteiger partial charge in [-0.05, 0) is 67.4 Å². The number of hydrogen-bond donors (Lipinski definition) is 4. The summed E-state index contributed by atoms with van der Waals surface area (Å²) in [4.78, 5) is 30.7. The van der Waals surface area contributed by atoms with Crippen molar-refractivity contribution < 1.29 is 37.7 Å². The molecule has 1 heterocycles. The summed E-state index contributed by atoms with van der Waals surface area (Å²) in [5.41, 5.74) is 3.48. The van der Waals surface area contributed by atoms with Crippen LogP contribution in [0.4, 0.5) is 24.5 Å². The SMILES string of the molecule is C[C@H](O)CN(Cc1cccc(C(=O)Nc2ccc(N3CCOCC3)cc2C(=O)NN=Cc2ccc(Cl)c(C(F)(F)F)c2)c1)C[C@@H](C)O. The Hall–Kier alpha value is -4.01. The van der Waals surface area contributed by atoms with Gasteiger partial charge in [0, 0.05) is 44.0 Å². The lowest BCUT2D eigenvalue weighted by atomic mass is 10.1. The van der Waals surface area contributed by atoms with Crippen LogP contribution in [0.1, 0.15) is 51.3 Å². The van der Waals surface area contributed by atoms with E-state index < -0.39 is 40.8 Å². The van der Waals surface area contributed by atoms with E-state index in [1.807, 2.05) is 15.9 Å². The van der Waals surface area contributed by atoms with Crippen molar-refractivity contribution in [2.75, 3.05) is 49.6 Å². The Labute approximate surface area is 275 Å². The first kappa shape index (κ1) is 35.8. The highest BCUT2D eigenvalue weighted by molar-refractivity contribution is 6.31. The Balaban J connectivity index is 1.56. The molecule has 3 aromatic carbocycles. The van der Waals surface area contributed by atoms with Gasteiger partial charge in [-0.2, -0.15) is 18.3 Å². The molecule has 2 amide bonds. The molecule has 0 unspecified atom stereocenters. The van der Waals surface area contributed by atoms with Crippen LogP contribution in [0.2, 0.25) is 5.02 Å². The van der Waals surface area contributed by atoms with Gasteiger partial charge in [-0.25, -0.2) is 5.43 Å². The van der Waals surface area contributed by atoms with Gasteiger partial charge in [-0.1, -0.05) is 29.8 Å². The number of carbonyl (C=O) groups excluding carboxylic acids is 2. The summed E-state index contributed by atoms with van der Waals surface area (Å²) >= 11 is 5.69. The highest BCUT2D eigenvalue weighted by Crippen LogP contribution is 2.35. The maximum absolute atomic E-state index is 13.4. The summed E-state index contributed by atoms with van der Waals surface area (Å²) in [5, 5.41) is 25.9. The van der Waals surface area contributed by atoms with Gasteiger partial charge in [-0.15, -0.1) is 0 Å². The fraction of sp³-hybridized carbons (Fsp3) is 0.364. The molecule has 10 nitrogen and oxygen atoms in total. The smallest absolute Gasteiger partial charge is 0.392 e. The van der Waals surface area contributed by atoms with Crippen molar-refractivity contribution in [1.29, 1.82) is 0 Å². The van der Waals surface area contributed by atoms with Gasteiger partial charge in [-0.3, -0.25) is 14.5 Å². The summed E-state index contributed by atoms with van der Waals surface area (Å²) < 4.78 is 45.2. The summed E-state index contributed by atoms with van der Waals surface area (Å²) in [6.45, 7) is 6.57. The van der Waals surface area contributed by atoms with Crippen LogP contribution in [0.5, 0.6) is 0 Å². The second kappa shape index (κ2) is 16.2. The van der Waals surface area contributed by atoms with Crippen LogP contribution in [0.15, 0.2) is 65.8 Å². The van der Waals surface area contributed by atoms with E-state index in [0.717, 1.165) is 23.9 Å². The fourth-order valence-corrected chi connectivity index (χ4v) is 5.35. The van der Waals surface area contributed by atoms with Crippen molar-refractivity contribution in [2.24, 2.45) is 5.10 Å². The van der Waals surface area contributed by atoms with E-state index in [2.05, 4.69) is 15.8 Å². The minimum Gasteiger partial charge on any atom is -0.392 e. The Morgan fingerprint density at radius 3 is 2.38 bits per heavy atom. The molecule has 0 saturated carbocycles. The lowest BCUT2D eigenvalue weighted by molar-refractivity contribution is -0.137. The minimum atomic E-state index is -4.66. The molecule has 47 heavy (non-hydrogen) atoms. The number of aliphatic hydroxyl groups is 2. The zero-order valence-electron chi connectivity index (χ0n) is 25.9. The number of halogens is 4. The number of amides is 2. The van der Waals surface area contributed by atoms with E-state index in [0.29, 0.717) is 57.2 Å². The molecule has 252 valence electrons. The number of morpholine rings is 1. The predicted molar refractivity (Wildman–Crippen MR) is 174 cm³/mol. The second-order valence-corrected chi connectivity index (χ2v) is 11.7. The molecule has 14 heteroatoms. The van der Waals surface area contributed by atoms with Gasteiger partial charge in [0.25, 0.3) is 11.8 Å². The van der Waals surface area contributed by atoms with E-state index in [-0.39, 0.29) is 16.8 Å². The summed E-state index contributed by atoms with van der Waals surface area (Å²) in [7, 11) is 0. The number of nitrogens with one attached hydrogen (secondary N) is 2. The number of rotatable bonds is 12. The molecule has 0 radical (unpaired) electrons. The summed E-state index contributed by atoms with van der Waals surface area (Å²) in [6.07, 6.45) is -4.82. The first-order valence-corrected chi connectivity index (χ1v) is 15.3. The van der Waals surface area contributed by atoms with Gasteiger partial charge in [0.1, 0.15) is 0 Å². The number of nitrogens with zero attached hydrogens (tertiary/aromatic N) is 3. The molecule has 0 spiro atoms. The summed E-state index contributed by atoms with van der Waals surface area (Å²) in [6, 6.07) is 15.1. The number of alkyl halides is 3. The van der Waals surface area contributed by atoms with E-state index in [1.165, 1.54) is 6.07 Å². The molecule has 0 aliphatic carbocycles. The topological polar surface area (TPSA) is 127 Å². The molecule has 1 saturated heterocycles. The average molecular weight is 676 g/mol. The third-order valence-electron chi connectivity index (χ3n) is 7.19.